The van der Waals surface area contributed by atoms with Gasteiger partial charge in [-0.15, -0.1) is 0 Å². The van der Waals surface area contributed by atoms with Gasteiger partial charge in [0.15, 0.2) is 0 Å². The highest BCUT2D eigenvalue weighted by molar-refractivity contribution is 5.94. The number of anilines is 1. The summed E-state index contributed by atoms with van der Waals surface area (Å²) in [6, 6.07) is 3.32. The fourth-order valence-corrected chi connectivity index (χ4v) is 2.33. The van der Waals surface area contributed by atoms with E-state index in [4.69, 9.17) is 9.47 Å². The monoisotopic (exact) mass is 360 g/mol. The number of pyridine rings is 1. The van der Waals surface area contributed by atoms with E-state index in [0.717, 1.165) is 12.8 Å². The molecule has 0 radical (unpaired) electrons. The molecule has 0 saturated heterocycles. The SMILES string of the molecule is CCOC(=O)C1=C(COC(=O)c2ccc(NC3CC3)nc2)NC(=O)NC1. The lowest BCUT2D eigenvalue weighted by molar-refractivity contribution is -0.138. The Bertz CT molecular complexity index is 740. The molecule has 2 amide bonds. The molecule has 0 unspecified atom stereocenters. The largest absolute Gasteiger partial charge is 0.463 e. The van der Waals surface area contributed by atoms with Gasteiger partial charge in [-0.3, -0.25) is 0 Å². The van der Waals surface area contributed by atoms with E-state index in [1.165, 1.54) is 6.20 Å². The quantitative estimate of drug-likeness (QED) is 0.619. The number of ether oxygens (including phenoxy) is 2. The molecule has 3 N–H and O–H groups in total. The van der Waals surface area contributed by atoms with E-state index >= 15 is 0 Å². The average molecular weight is 360 g/mol. The van der Waals surface area contributed by atoms with Crippen LogP contribution in [0.5, 0.6) is 0 Å². The zero-order chi connectivity index (χ0) is 18.5. The van der Waals surface area contributed by atoms with Crippen LogP contribution in [0.3, 0.4) is 0 Å². The summed E-state index contributed by atoms with van der Waals surface area (Å²) < 4.78 is 10.1. The molecule has 9 nitrogen and oxygen atoms in total. The molecule has 2 aliphatic rings. The van der Waals surface area contributed by atoms with Gasteiger partial charge >= 0.3 is 18.0 Å². The first-order valence-corrected chi connectivity index (χ1v) is 8.40. The van der Waals surface area contributed by atoms with Crippen molar-refractivity contribution in [2.75, 3.05) is 25.1 Å². The van der Waals surface area contributed by atoms with Crippen LogP contribution in [-0.2, 0) is 14.3 Å². The normalized spacial score (nSPS) is 16.4. The van der Waals surface area contributed by atoms with Gasteiger partial charge in [0.25, 0.3) is 0 Å². The Morgan fingerprint density at radius 1 is 1.27 bits per heavy atom. The van der Waals surface area contributed by atoms with Crippen LogP contribution in [0.1, 0.15) is 30.1 Å². The fourth-order valence-electron chi connectivity index (χ4n) is 2.33. The number of carbonyl (C=O) groups excluding carboxylic acids is 3. The zero-order valence-corrected chi connectivity index (χ0v) is 14.3. The highest BCUT2D eigenvalue weighted by atomic mass is 16.5. The summed E-state index contributed by atoms with van der Waals surface area (Å²) in [6.45, 7) is 1.65. The second kappa shape index (κ2) is 7.85. The van der Waals surface area contributed by atoms with Crippen molar-refractivity contribution < 1.29 is 23.9 Å². The molecule has 9 heteroatoms. The number of nitrogens with zero attached hydrogens (tertiary/aromatic N) is 1. The van der Waals surface area contributed by atoms with Crippen molar-refractivity contribution in [3.05, 3.63) is 35.2 Å². The van der Waals surface area contributed by atoms with E-state index < -0.39 is 18.0 Å². The maximum absolute atomic E-state index is 12.2. The van der Waals surface area contributed by atoms with Crippen molar-refractivity contribution in [1.82, 2.24) is 15.6 Å². The van der Waals surface area contributed by atoms with Crippen LogP contribution in [-0.4, -0.2) is 48.8 Å². The Morgan fingerprint density at radius 3 is 2.73 bits per heavy atom. The van der Waals surface area contributed by atoms with Gasteiger partial charge in [0.1, 0.15) is 12.4 Å². The van der Waals surface area contributed by atoms with E-state index in [2.05, 4.69) is 20.9 Å². The van der Waals surface area contributed by atoms with Crippen molar-refractivity contribution in [2.45, 2.75) is 25.8 Å². The van der Waals surface area contributed by atoms with Gasteiger partial charge in [-0.1, -0.05) is 0 Å². The summed E-state index contributed by atoms with van der Waals surface area (Å²) >= 11 is 0. The van der Waals surface area contributed by atoms with Crippen LogP contribution in [0, 0.1) is 0 Å². The van der Waals surface area contributed by atoms with E-state index in [9.17, 15) is 14.4 Å². The lowest BCUT2D eigenvalue weighted by Gasteiger charge is -2.21. The van der Waals surface area contributed by atoms with Gasteiger partial charge < -0.3 is 25.4 Å². The molecule has 0 spiro atoms. The van der Waals surface area contributed by atoms with Gasteiger partial charge in [-0.25, -0.2) is 19.4 Å². The van der Waals surface area contributed by atoms with Gasteiger partial charge in [-0.05, 0) is 31.9 Å². The first kappa shape index (κ1) is 17.7. The third-order valence-electron chi connectivity index (χ3n) is 3.85. The van der Waals surface area contributed by atoms with Crippen molar-refractivity contribution in [1.29, 1.82) is 0 Å². The van der Waals surface area contributed by atoms with Crippen molar-refractivity contribution >= 4 is 23.8 Å². The van der Waals surface area contributed by atoms with E-state index in [-0.39, 0.29) is 36.6 Å². The van der Waals surface area contributed by atoms with E-state index in [0.29, 0.717) is 11.9 Å². The summed E-state index contributed by atoms with van der Waals surface area (Å²) in [7, 11) is 0. The zero-order valence-electron chi connectivity index (χ0n) is 14.3. The molecule has 26 heavy (non-hydrogen) atoms. The molecule has 1 aromatic heterocycles. The average Bonchev–Trinajstić information content (AvgIpc) is 3.44. The number of rotatable bonds is 7. The minimum Gasteiger partial charge on any atom is -0.463 e. The number of urea groups is 1. The van der Waals surface area contributed by atoms with Crippen LogP contribution in [0.25, 0.3) is 0 Å². The third kappa shape index (κ3) is 4.50. The molecule has 0 atom stereocenters. The highest BCUT2D eigenvalue weighted by Gasteiger charge is 2.25. The van der Waals surface area contributed by atoms with Crippen LogP contribution in [0.15, 0.2) is 29.6 Å². The van der Waals surface area contributed by atoms with Crippen LogP contribution < -0.4 is 16.0 Å². The number of carbonyl (C=O) groups is 3. The number of hydrogen-bond donors (Lipinski definition) is 3. The Labute approximate surface area is 150 Å². The molecule has 3 rings (SSSR count). The van der Waals surface area contributed by atoms with E-state index in [1.807, 2.05) is 0 Å². The van der Waals surface area contributed by atoms with Gasteiger partial charge in [0, 0.05) is 12.2 Å². The molecule has 0 aromatic carbocycles. The van der Waals surface area contributed by atoms with Gasteiger partial charge in [0.05, 0.1) is 30.0 Å². The minimum atomic E-state index is -0.598. The summed E-state index contributed by atoms with van der Waals surface area (Å²) in [6.07, 6.45) is 3.68. The highest BCUT2D eigenvalue weighted by Crippen LogP contribution is 2.23. The molecule has 1 aliphatic carbocycles. The van der Waals surface area contributed by atoms with Crippen LogP contribution >= 0.6 is 0 Å². The number of amides is 2. The van der Waals surface area contributed by atoms with Gasteiger partial charge in [-0.2, -0.15) is 0 Å². The first-order valence-electron chi connectivity index (χ1n) is 8.40. The third-order valence-corrected chi connectivity index (χ3v) is 3.85. The molecule has 1 fully saturated rings. The molecule has 2 heterocycles. The summed E-state index contributed by atoms with van der Waals surface area (Å²) in [5.74, 6) is -0.454. The second-order valence-electron chi connectivity index (χ2n) is 5.91. The topological polar surface area (TPSA) is 119 Å². The Hall–Kier alpha value is -3.10. The minimum absolute atomic E-state index is 0.0145. The van der Waals surface area contributed by atoms with Gasteiger partial charge in [0.2, 0.25) is 0 Å². The number of hydrogen-bond acceptors (Lipinski definition) is 7. The first-order chi connectivity index (χ1) is 12.6. The molecule has 1 aliphatic heterocycles. The summed E-state index contributed by atoms with van der Waals surface area (Å²) in [5, 5.41) is 8.18. The predicted molar refractivity (Wildman–Crippen MR) is 91.4 cm³/mol. The maximum atomic E-state index is 12.2. The van der Waals surface area contributed by atoms with Crippen LogP contribution in [0.2, 0.25) is 0 Å². The van der Waals surface area contributed by atoms with Crippen molar-refractivity contribution in [3.63, 3.8) is 0 Å². The Morgan fingerprint density at radius 2 is 2.08 bits per heavy atom. The fraction of sp³-hybridized carbons (Fsp3) is 0.412. The molecular weight excluding hydrogens is 340 g/mol. The van der Waals surface area contributed by atoms with Crippen molar-refractivity contribution in [2.24, 2.45) is 0 Å². The molecular formula is C17H20N4O5. The molecule has 0 bridgehead atoms. The Kier molecular flexibility index (Phi) is 5.35. The maximum Gasteiger partial charge on any atom is 0.340 e. The lowest BCUT2D eigenvalue weighted by Crippen LogP contribution is -2.45. The standard InChI is InChI=1S/C17H20N4O5/c1-2-25-16(23)12-8-19-17(24)21-13(12)9-26-15(22)10-3-6-14(18-7-10)20-11-4-5-11/h3,6-7,11H,2,4-5,8-9H2,1H3,(H,18,20)(H2,19,21,24). The lowest BCUT2D eigenvalue weighted by atomic mass is 10.1. The number of nitrogens with one attached hydrogen (secondary N) is 3. The number of aromatic nitrogens is 1. The number of esters is 2. The smallest absolute Gasteiger partial charge is 0.340 e. The summed E-state index contributed by atoms with van der Waals surface area (Å²) in [4.78, 5) is 39.8. The predicted octanol–water partition coefficient (Wildman–Crippen LogP) is 0.943. The molecule has 138 valence electrons. The molecule has 1 saturated carbocycles. The van der Waals surface area contributed by atoms with Crippen LogP contribution in [0.4, 0.5) is 10.6 Å². The van der Waals surface area contributed by atoms with E-state index in [1.54, 1.807) is 19.1 Å². The molecule has 1 aromatic rings. The summed E-state index contributed by atoms with van der Waals surface area (Å²) in [5.41, 5.74) is 0.715. The Balaban J connectivity index is 1.62. The van der Waals surface area contributed by atoms with Crippen molar-refractivity contribution in [3.8, 4) is 0 Å². The second-order valence-corrected chi connectivity index (χ2v) is 5.91.